The van der Waals surface area contributed by atoms with Crippen LogP contribution in [0.4, 0.5) is 0 Å². The van der Waals surface area contributed by atoms with Crippen molar-refractivity contribution in [3.63, 3.8) is 0 Å². The summed E-state index contributed by atoms with van der Waals surface area (Å²) in [7, 11) is 0. The van der Waals surface area contributed by atoms with E-state index in [2.05, 4.69) is 55.6 Å². The van der Waals surface area contributed by atoms with Gasteiger partial charge in [0.2, 0.25) is 5.91 Å². The molecule has 0 fully saturated rings. The summed E-state index contributed by atoms with van der Waals surface area (Å²) in [5, 5.41) is 23.1. The Balaban J connectivity index is 3.58. The van der Waals surface area contributed by atoms with E-state index in [1.807, 2.05) is 6.08 Å². The molecule has 356 valence electrons. The average molecular weight is 856 g/mol. The summed E-state index contributed by atoms with van der Waals surface area (Å²) in [4.78, 5) is 24.5. The van der Waals surface area contributed by atoms with Crippen LogP contribution in [0, 0.1) is 0 Å². The van der Waals surface area contributed by atoms with Crippen LogP contribution in [0.1, 0.15) is 264 Å². The molecule has 6 heteroatoms. The Morgan fingerprint density at radius 3 is 1.31 bits per heavy atom. The molecule has 2 atom stereocenters. The van der Waals surface area contributed by atoms with E-state index in [9.17, 15) is 19.8 Å². The van der Waals surface area contributed by atoms with E-state index in [0.717, 1.165) is 89.9 Å². The van der Waals surface area contributed by atoms with Gasteiger partial charge in [0.05, 0.1) is 25.4 Å². The van der Waals surface area contributed by atoms with Gasteiger partial charge in [-0.05, 0) is 83.5 Å². The third-order valence-corrected chi connectivity index (χ3v) is 11.8. The highest BCUT2D eigenvalue weighted by atomic mass is 16.5. The Morgan fingerprint density at radius 2 is 0.836 bits per heavy atom. The molecule has 0 heterocycles. The number of hydrogen-bond donors (Lipinski definition) is 3. The molecule has 0 aliphatic rings. The molecule has 0 aliphatic heterocycles. The number of aliphatic hydroxyl groups excluding tert-OH is 2. The summed E-state index contributed by atoms with van der Waals surface area (Å²) in [6.07, 6.45) is 62.6. The second-order valence-corrected chi connectivity index (χ2v) is 17.8. The zero-order valence-electron chi connectivity index (χ0n) is 40.4. The van der Waals surface area contributed by atoms with Crippen LogP contribution >= 0.6 is 0 Å². The number of allylic oxidation sites excluding steroid dienone is 7. The third-order valence-electron chi connectivity index (χ3n) is 11.8. The highest BCUT2D eigenvalue weighted by Crippen LogP contribution is 2.15. The van der Waals surface area contributed by atoms with Gasteiger partial charge < -0.3 is 20.3 Å². The van der Waals surface area contributed by atoms with E-state index in [1.54, 1.807) is 6.08 Å². The lowest BCUT2D eigenvalue weighted by Gasteiger charge is -2.20. The van der Waals surface area contributed by atoms with E-state index in [4.69, 9.17) is 4.74 Å². The normalized spacial score (nSPS) is 13.0. The van der Waals surface area contributed by atoms with Crippen LogP contribution in [0.5, 0.6) is 0 Å². The van der Waals surface area contributed by atoms with Crippen molar-refractivity contribution in [2.45, 2.75) is 276 Å². The third kappa shape index (κ3) is 47.1. The maximum Gasteiger partial charge on any atom is 0.305 e. The van der Waals surface area contributed by atoms with E-state index in [-0.39, 0.29) is 18.5 Å². The predicted octanol–water partition coefficient (Wildman–Crippen LogP) is 15.8. The predicted molar refractivity (Wildman–Crippen MR) is 264 cm³/mol. The maximum absolute atomic E-state index is 12.4. The van der Waals surface area contributed by atoms with Crippen molar-refractivity contribution < 1.29 is 24.5 Å². The van der Waals surface area contributed by atoms with E-state index < -0.39 is 12.1 Å². The van der Waals surface area contributed by atoms with Crippen molar-refractivity contribution in [1.29, 1.82) is 0 Å². The molecule has 0 saturated heterocycles. The SMILES string of the molecule is CCCC/C=C\C/C=C\CCCCCCCC(=O)OCCCC/C=C\CCCCCCC(=O)NC(CO)C(O)/C=C/CCCCCCCCCCCCCCCCCCCC. The number of hydrogen-bond acceptors (Lipinski definition) is 5. The van der Waals surface area contributed by atoms with Gasteiger partial charge in [0, 0.05) is 12.8 Å². The Kier molecular flexibility index (Phi) is 48.7. The van der Waals surface area contributed by atoms with Crippen molar-refractivity contribution in [3.8, 4) is 0 Å². The Labute approximate surface area is 378 Å². The first kappa shape index (κ1) is 58.8. The lowest BCUT2D eigenvalue weighted by Crippen LogP contribution is -2.45. The quantitative estimate of drug-likeness (QED) is 0.0322. The molecule has 0 aromatic heterocycles. The molecule has 3 N–H and O–H groups in total. The molecule has 0 aliphatic carbocycles. The van der Waals surface area contributed by atoms with Crippen molar-refractivity contribution >= 4 is 11.9 Å². The number of ether oxygens (including phenoxy) is 1. The molecular weight excluding hydrogens is 755 g/mol. The first-order valence-corrected chi connectivity index (χ1v) is 26.4. The van der Waals surface area contributed by atoms with Gasteiger partial charge in [0.25, 0.3) is 0 Å². The summed E-state index contributed by atoms with van der Waals surface area (Å²) >= 11 is 0. The number of esters is 1. The molecule has 61 heavy (non-hydrogen) atoms. The Morgan fingerprint density at radius 1 is 0.459 bits per heavy atom. The first-order chi connectivity index (χ1) is 30.0. The van der Waals surface area contributed by atoms with Crippen LogP contribution in [0.3, 0.4) is 0 Å². The number of aliphatic hydroxyl groups is 2. The standard InChI is InChI=1S/C55H101NO5/c1-3-5-7-9-11-13-15-17-19-20-21-22-23-24-25-27-31-35-39-43-47-53(58)52(51-57)56-54(59)48-44-40-36-32-29-30-34-38-42-46-50-61-55(60)49-45-41-37-33-28-26-18-16-14-12-10-8-6-4-2/h10,12,16,18,30,34,43,47,52-53,57-58H,3-9,11,13-15,17,19-29,31-33,35-42,44-46,48-51H2,1-2H3,(H,56,59)/b12-10-,18-16-,34-30-,47-43+. The van der Waals surface area contributed by atoms with Crippen LogP contribution in [-0.2, 0) is 14.3 Å². The molecule has 0 aromatic rings. The van der Waals surface area contributed by atoms with Gasteiger partial charge in [0.1, 0.15) is 0 Å². The molecule has 1 amide bonds. The number of amides is 1. The molecule has 0 spiro atoms. The summed E-state index contributed by atoms with van der Waals surface area (Å²) in [5.41, 5.74) is 0. The van der Waals surface area contributed by atoms with Gasteiger partial charge >= 0.3 is 5.97 Å². The van der Waals surface area contributed by atoms with E-state index in [0.29, 0.717) is 19.4 Å². The monoisotopic (exact) mass is 856 g/mol. The minimum absolute atomic E-state index is 0.0535. The van der Waals surface area contributed by atoms with Gasteiger partial charge in [-0.3, -0.25) is 9.59 Å². The van der Waals surface area contributed by atoms with E-state index in [1.165, 1.54) is 148 Å². The highest BCUT2D eigenvalue weighted by Gasteiger charge is 2.18. The first-order valence-electron chi connectivity index (χ1n) is 26.4. The lowest BCUT2D eigenvalue weighted by atomic mass is 10.0. The average Bonchev–Trinajstić information content (AvgIpc) is 3.26. The summed E-state index contributed by atoms with van der Waals surface area (Å²) in [5.74, 6) is -0.158. The topological polar surface area (TPSA) is 95.9 Å². The number of nitrogens with one attached hydrogen (secondary N) is 1. The molecular formula is C55H101NO5. The molecule has 0 rings (SSSR count). The van der Waals surface area contributed by atoms with E-state index >= 15 is 0 Å². The van der Waals surface area contributed by atoms with Crippen LogP contribution in [-0.4, -0.2) is 47.4 Å². The molecule has 0 aromatic carbocycles. The van der Waals surface area contributed by atoms with Crippen molar-refractivity contribution in [1.82, 2.24) is 5.32 Å². The van der Waals surface area contributed by atoms with Gasteiger partial charge in [-0.1, -0.05) is 217 Å². The van der Waals surface area contributed by atoms with Crippen molar-refractivity contribution in [2.24, 2.45) is 0 Å². The number of carbonyl (C=O) groups excluding carboxylic acids is 2. The fraction of sp³-hybridized carbons (Fsp3) is 0.818. The maximum atomic E-state index is 12.4. The van der Waals surface area contributed by atoms with Crippen LogP contribution in [0.15, 0.2) is 48.6 Å². The van der Waals surface area contributed by atoms with Crippen LogP contribution < -0.4 is 5.32 Å². The minimum atomic E-state index is -0.868. The Hall–Kier alpha value is -2.18. The second kappa shape index (κ2) is 50.5. The van der Waals surface area contributed by atoms with Gasteiger partial charge in [0.15, 0.2) is 0 Å². The van der Waals surface area contributed by atoms with Gasteiger partial charge in [-0.15, -0.1) is 0 Å². The van der Waals surface area contributed by atoms with Crippen molar-refractivity contribution in [3.05, 3.63) is 48.6 Å². The zero-order valence-corrected chi connectivity index (χ0v) is 40.4. The van der Waals surface area contributed by atoms with Crippen molar-refractivity contribution in [2.75, 3.05) is 13.2 Å². The molecule has 0 saturated carbocycles. The Bertz CT molecular complexity index is 1040. The largest absolute Gasteiger partial charge is 0.466 e. The molecule has 2 unspecified atom stereocenters. The molecule has 0 radical (unpaired) electrons. The van der Waals surface area contributed by atoms with Crippen LogP contribution in [0.2, 0.25) is 0 Å². The minimum Gasteiger partial charge on any atom is -0.466 e. The van der Waals surface area contributed by atoms with Crippen LogP contribution in [0.25, 0.3) is 0 Å². The second-order valence-electron chi connectivity index (χ2n) is 17.8. The lowest BCUT2D eigenvalue weighted by molar-refractivity contribution is -0.143. The molecule has 0 bridgehead atoms. The van der Waals surface area contributed by atoms with Gasteiger partial charge in [-0.25, -0.2) is 0 Å². The zero-order chi connectivity index (χ0) is 44.4. The summed E-state index contributed by atoms with van der Waals surface area (Å²) in [6.45, 7) is 4.76. The number of rotatable bonds is 48. The fourth-order valence-corrected chi connectivity index (χ4v) is 7.70. The molecule has 6 nitrogen and oxygen atoms in total. The summed E-state index contributed by atoms with van der Waals surface area (Å²) < 4.78 is 5.42. The number of unbranched alkanes of at least 4 members (excludes halogenated alkanes) is 31. The smallest absolute Gasteiger partial charge is 0.305 e. The van der Waals surface area contributed by atoms with Gasteiger partial charge in [-0.2, -0.15) is 0 Å². The summed E-state index contributed by atoms with van der Waals surface area (Å²) in [6, 6.07) is -0.656. The number of carbonyl (C=O) groups is 2. The fourth-order valence-electron chi connectivity index (χ4n) is 7.70. The highest BCUT2D eigenvalue weighted by molar-refractivity contribution is 5.76.